The molecule has 1 aliphatic rings. The Morgan fingerprint density at radius 3 is 2.58 bits per heavy atom. The third-order valence-corrected chi connectivity index (χ3v) is 6.42. The fourth-order valence-corrected chi connectivity index (χ4v) is 4.16. The van der Waals surface area contributed by atoms with Crippen molar-refractivity contribution in [2.24, 2.45) is 5.92 Å². The quantitative estimate of drug-likeness (QED) is 0.557. The molecule has 1 heterocycles. The predicted octanol–water partition coefficient (Wildman–Crippen LogP) is 4.48. The second-order valence-corrected chi connectivity index (χ2v) is 9.08. The lowest BCUT2D eigenvalue weighted by Gasteiger charge is -2.34. The number of aryl methyl sites for hydroxylation is 1. The molecule has 1 fully saturated rings. The Kier molecular flexibility index (Phi) is 8.58. The van der Waals surface area contributed by atoms with Crippen LogP contribution in [0.25, 0.3) is 0 Å². The van der Waals surface area contributed by atoms with E-state index in [9.17, 15) is 14.4 Å². The highest BCUT2D eigenvalue weighted by molar-refractivity contribution is 6.43. The molecule has 3 rings (SSSR count). The highest BCUT2D eigenvalue weighted by atomic mass is 35.5. The minimum atomic E-state index is -0.718. The van der Waals surface area contributed by atoms with Crippen molar-refractivity contribution < 1.29 is 14.4 Å². The fraction of sp³-hybridized carbons (Fsp3) is 0.375. The van der Waals surface area contributed by atoms with Gasteiger partial charge in [-0.25, -0.2) is 4.79 Å². The zero-order chi connectivity index (χ0) is 24.0. The van der Waals surface area contributed by atoms with Crippen LogP contribution in [-0.4, -0.2) is 48.4 Å². The van der Waals surface area contributed by atoms with Gasteiger partial charge in [-0.1, -0.05) is 47.0 Å². The molecule has 2 atom stereocenters. The van der Waals surface area contributed by atoms with E-state index in [0.717, 1.165) is 24.1 Å². The first-order valence-electron chi connectivity index (χ1n) is 10.9. The van der Waals surface area contributed by atoms with E-state index in [0.29, 0.717) is 19.6 Å². The minimum absolute atomic E-state index is 0.136. The van der Waals surface area contributed by atoms with Gasteiger partial charge in [0.1, 0.15) is 6.04 Å². The normalized spacial score (nSPS) is 16.6. The van der Waals surface area contributed by atoms with Crippen LogP contribution >= 0.6 is 23.2 Å². The smallest absolute Gasteiger partial charge is 0.319 e. The average molecular weight is 491 g/mol. The van der Waals surface area contributed by atoms with Gasteiger partial charge in [0.15, 0.2) is 0 Å². The van der Waals surface area contributed by atoms with E-state index in [1.165, 1.54) is 0 Å². The van der Waals surface area contributed by atoms with Crippen molar-refractivity contribution >= 4 is 46.7 Å². The van der Waals surface area contributed by atoms with E-state index in [-0.39, 0.29) is 33.5 Å². The minimum Gasteiger partial charge on any atom is -0.341 e. The van der Waals surface area contributed by atoms with Crippen LogP contribution in [0.3, 0.4) is 0 Å². The molecule has 2 aromatic rings. The van der Waals surface area contributed by atoms with Crippen LogP contribution in [0.5, 0.6) is 0 Å². The van der Waals surface area contributed by atoms with Gasteiger partial charge in [-0.15, -0.1) is 0 Å². The molecule has 4 amide bonds. The maximum absolute atomic E-state index is 12.9. The number of halogens is 2. The van der Waals surface area contributed by atoms with Crippen molar-refractivity contribution in [2.45, 2.75) is 32.7 Å². The standard InChI is InChI=1S/C24H28Cl2N4O3/c1-15-8-10-18(11-9-15)29-24(33)27-13-17-5-4-12-30(14-17)23(32)16(2)28-22(31)19-6-3-7-20(25)21(19)26/h3,6-11,16-17H,4-5,12-14H2,1-2H3,(H,28,31)(H2,27,29,33). The van der Waals surface area contributed by atoms with Crippen LogP contribution in [0, 0.1) is 12.8 Å². The molecule has 0 bridgehead atoms. The number of likely N-dealkylation sites (tertiary alicyclic amines) is 1. The van der Waals surface area contributed by atoms with Crippen LogP contribution in [-0.2, 0) is 4.79 Å². The van der Waals surface area contributed by atoms with Gasteiger partial charge in [-0.2, -0.15) is 0 Å². The van der Waals surface area contributed by atoms with Crippen molar-refractivity contribution in [3.05, 3.63) is 63.6 Å². The number of rotatable bonds is 6. The number of benzene rings is 2. The number of piperidine rings is 1. The SMILES string of the molecule is Cc1ccc(NC(=O)NCC2CCCN(C(=O)C(C)NC(=O)c3cccc(Cl)c3Cl)C2)cc1. The molecule has 0 spiro atoms. The Bertz CT molecular complexity index is 1010. The Morgan fingerprint density at radius 2 is 1.85 bits per heavy atom. The topological polar surface area (TPSA) is 90.5 Å². The molecule has 9 heteroatoms. The molecule has 2 unspecified atom stereocenters. The highest BCUT2D eigenvalue weighted by Gasteiger charge is 2.28. The van der Waals surface area contributed by atoms with Gasteiger partial charge < -0.3 is 20.9 Å². The van der Waals surface area contributed by atoms with Crippen molar-refractivity contribution in [2.75, 3.05) is 25.0 Å². The van der Waals surface area contributed by atoms with Crippen LogP contribution in [0.15, 0.2) is 42.5 Å². The van der Waals surface area contributed by atoms with Crippen LogP contribution in [0.1, 0.15) is 35.7 Å². The van der Waals surface area contributed by atoms with E-state index < -0.39 is 11.9 Å². The van der Waals surface area contributed by atoms with Crippen molar-refractivity contribution in [1.82, 2.24) is 15.5 Å². The maximum atomic E-state index is 12.9. The number of nitrogens with one attached hydrogen (secondary N) is 3. The van der Waals surface area contributed by atoms with Gasteiger partial charge in [0.2, 0.25) is 5.91 Å². The Hall–Kier alpha value is -2.77. The maximum Gasteiger partial charge on any atom is 0.319 e. The number of amides is 4. The molecule has 0 aliphatic carbocycles. The summed E-state index contributed by atoms with van der Waals surface area (Å²) < 4.78 is 0. The number of urea groups is 1. The molecule has 1 aliphatic heterocycles. The zero-order valence-corrected chi connectivity index (χ0v) is 20.2. The van der Waals surface area contributed by atoms with E-state index >= 15 is 0 Å². The molecule has 33 heavy (non-hydrogen) atoms. The summed E-state index contributed by atoms with van der Waals surface area (Å²) >= 11 is 12.1. The van der Waals surface area contributed by atoms with Gasteiger partial charge >= 0.3 is 6.03 Å². The Labute approximate surface area is 203 Å². The molecule has 1 saturated heterocycles. The van der Waals surface area contributed by atoms with Gasteiger partial charge in [0, 0.05) is 25.3 Å². The second kappa shape index (κ2) is 11.4. The summed E-state index contributed by atoms with van der Waals surface area (Å²) in [6.07, 6.45) is 1.74. The number of anilines is 1. The predicted molar refractivity (Wildman–Crippen MR) is 131 cm³/mol. The first-order chi connectivity index (χ1) is 15.7. The molecule has 0 aromatic heterocycles. The van der Waals surface area contributed by atoms with E-state index in [1.807, 2.05) is 31.2 Å². The molecule has 176 valence electrons. The average Bonchev–Trinajstić information content (AvgIpc) is 2.80. The summed E-state index contributed by atoms with van der Waals surface area (Å²) in [5.74, 6) is -0.488. The van der Waals surface area contributed by atoms with Gasteiger partial charge in [0.25, 0.3) is 5.91 Å². The number of hydrogen-bond acceptors (Lipinski definition) is 3. The van der Waals surface area contributed by atoms with Crippen LogP contribution in [0.2, 0.25) is 10.0 Å². The summed E-state index contributed by atoms with van der Waals surface area (Å²) in [4.78, 5) is 39.4. The largest absolute Gasteiger partial charge is 0.341 e. The van der Waals surface area contributed by atoms with E-state index in [2.05, 4.69) is 16.0 Å². The monoisotopic (exact) mass is 490 g/mol. The van der Waals surface area contributed by atoms with Crippen LogP contribution in [0.4, 0.5) is 10.5 Å². The van der Waals surface area contributed by atoms with E-state index in [4.69, 9.17) is 23.2 Å². The molecular weight excluding hydrogens is 463 g/mol. The lowest BCUT2D eigenvalue weighted by Crippen LogP contribution is -2.51. The zero-order valence-electron chi connectivity index (χ0n) is 18.7. The number of carbonyl (C=O) groups excluding carboxylic acids is 3. The first kappa shape index (κ1) is 24.9. The molecule has 2 aromatic carbocycles. The summed E-state index contributed by atoms with van der Waals surface area (Å²) in [7, 11) is 0. The lowest BCUT2D eigenvalue weighted by molar-refractivity contribution is -0.134. The van der Waals surface area contributed by atoms with E-state index in [1.54, 1.807) is 30.0 Å². The Balaban J connectivity index is 1.49. The number of nitrogens with zero attached hydrogens (tertiary/aromatic N) is 1. The van der Waals surface area contributed by atoms with Gasteiger partial charge in [0.05, 0.1) is 15.6 Å². The Morgan fingerprint density at radius 1 is 1.12 bits per heavy atom. The number of carbonyl (C=O) groups is 3. The van der Waals surface area contributed by atoms with Crippen molar-refractivity contribution in [3.8, 4) is 0 Å². The molecular formula is C24H28Cl2N4O3. The third-order valence-electron chi connectivity index (χ3n) is 5.61. The van der Waals surface area contributed by atoms with Crippen LogP contribution < -0.4 is 16.0 Å². The molecule has 7 nitrogen and oxygen atoms in total. The van der Waals surface area contributed by atoms with Crippen molar-refractivity contribution in [3.63, 3.8) is 0 Å². The first-order valence-corrected chi connectivity index (χ1v) is 11.7. The third kappa shape index (κ3) is 6.85. The number of hydrogen-bond donors (Lipinski definition) is 3. The summed E-state index contributed by atoms with van der Waals surface area (Å²) in [5.41, 5.74) is 2.07. The van der Waals surface area contributed by atoms with Crippen molar-refractivity contribution in [1.29, 1.82) is 0 Å². The fourth-order valence-electron chi connectivity index (χ4n) is 3.77. The summed E-state index contributed by atoms with van der Waals surface area (Å²) in [6, 6.07) is 11.4. The lowest BCUT2D eigenvalue weighted by atomic mass is 9.97. The second-order valence-electron chi connectivity index (χ2n) is 8.29. The highest BCUT2D eigenvalue weighted by Crippen LogP contribution is 2.25. The van der Waals surface area contributed by atoms with Gasteiger partial charge in [-0.05, 0) is 56.9 Å². The molecule has 0 radical (unpaired) electrons. The summed E-state index contributed by atoms with van der Waals surface area (Å²) in [6.45, 7) is 5.22. The molecule has 0 saturated carbocycles. The van der Waals surface area contributed by atoms with Gasteiger partial charge in [-0.3, -0.25) is 9.59 Å². The molecule has 3 N–H and O–H groups in total. The summed E-state index contributed by atoms with van der Waals surface area (Å²) in [5, 5.41) is 8.83.